The van der Waals surface area contributed by atoms with E-state index < -0.39 is 11.2 Å². The molecule has 6 aromatic rings. The third-order valence-electron chi connectivity index (χ3n) is 7.12. The summed E-state index contributed by atoms with van der Waals surface area (Å²) >= 11 is 1.71. The van der Waals surface area contributed by atoms with E-state index in [1.165, 1.54) is 10.8 Å². The lowest BCUT2D eigenvalue weighted by molar-refractivity contribution is -0.0893. The number of aromatic nitrogens is 1. The van der Waals surface area contributed by atoms with Crippen molar-refractivity contribution >= 4 is 67.2 Å². The molecule has 0 unspecified atom stereocenters. The molecule has 174 valence electrons. The quantitative estimate of drug-likeness (QED) is 0.285. The van der Waals surface area contributed by atoms with Crippen molar-refractivity contribution in [3.63, 3.8) is 0 Å². The zero-order valence-corrected chi connectivity index (χ0v) is 21.1. The van der Waals surface area contributed by atoms with Crippen LogP contribution in [0, 0.1) is 0 Å². The highest BCUT2D eigenvalue weighted by Crippen LogP contribution is 2.37. The molecule has 6 rings (SSSR count). The summed E-state index contributed by atoms with van der Waals surface area (Å²) < 4.78 is 13.4. The third kappa shape index (κ3) is 3.92. The van der Waals surface area contributed by atoms with Gasteiger partial charge in [-0.3, -0.25) is 0 Å². The van der Waals surface area contributed by atoms with Crippen LogP contribution in [-0.4, -0.2) is 28.8 Å². The fourth-order valence-electron chi connectivity index (χ4n) is 4.22. The van der Waals surface area contributed by atoms with Crippen molar-refractivity contribution in [3.05, 3.63) is 72.8 Å². The van der Waals surface area contributed by atoms with Crippen molar-refractivity contribution in [3.8, 4) is 10.6 Å². The SMILES string of the molecule is CC(C)(O)C(C)(C)OBc1ccc2c(c1)oc1cc3nc(-c4ccc5ccccc5c4)sc3cc12. The van der Waals surface area contributed by atoms with Crippen LogP contribution >= 0.6 is 11.3 Å². The van der Waals surface area contributed by atoms with Gasteiger partial charge in [-0.15, -0.1) is 11.3 Å². The molecular formula is C29H26BNO3S. The standard InChI is InChI=1S/C29H26BNO3S/c1-28(2,32)29(3,4)34-30-20-11-12-21-22-15-26-23(16-25(22)33-24(21)14-20)31-27(35-26)19-10-9-17-7-5-6-8-18(17)13-19/h5-16,30,32H,1-4H3. The van der Waals surface area contributed by atoms with E-state index in [0.29, 0.717) is 7.48 Å². The second-order valence-electron chi connectivity index (χ2n) is 10.2. The van der Waals surface area contributed by atoms with Crippen LogP contribution in [0.3, 0.4) is 0 Å². The fraction of sp³-hybridized carbons (Fsp3) is 0.207. The highest BCUT2D eigenvalue weighted by atomic mass is 32.1. The average molecular weight is 479 g/mol. The van der Waals surface area contributed by atoms with Crippen molar-refractivity contribution in [1.82, 2.24) is 4.98 Å². The third-order valence-corrected chi connectivity index (χ3v) is 8.18. The molecule has 0 aliphatic rings. The smallest absolute Gasteiger partial charge is 0.309 e. The van der Waals surface area contributed by atoms with Gasteiger partial charge in [-0.05, 0) is 62.1 Å². The summed E-state index contributed by atoms with van der Waals surface area (Å²) in [6.07, 6.45) is 0. The number of hydrogen-bond donors (Lipinski definition) is 1. The van der Waals surface area contributed by atoms with E-state index in [4.69, 9.17) is 14.1 Å². The Labute approximate surface area is 208 Å². The van der Waals surface area contributed by atoms with Crippen LogP contribution in [0.2, 0.25) is 0 Å². The summed E-state index contributed by atoms with van der Waals surface area (Å²) in [4.78, 5) is 4.92. The first-order valence-electron chi connectivity index (χ1n) is 11.8. The number of thiazole rings is 1. The molecular weight excluding hydrogens is 453 g/mol. The summed E-state index contributed by atoms with van der Waals surface area (Å²) in [6, 6.07) is 25.3. The molecule has 0 aliphatic heterocycles. The maximum absolute atomic E-state index is 10.4. The van der Waals surface area contributed by atoms with Crippen LogP contribution in [0.15, 0.2) is 77.2 Å². The molecule has 0 fully saturated rings. The maximum Gasteiger partial charge on any atom is 0.309 e. The molecule has 4 nitrogen and oxygen atoms in total. The van der Waals surface area contributed by atoms with Crippen molar-refractivity contribution in [2.24, 2.45) is 0 Å². The van der Waals surface area contributed by atoms with Crippen molar-refractivity contribution in [2.75, 3.05) is 0 Å². The van der Waals surface area contributed by atoms with Gasteiger partial charge in [0.15, 0.2) is 0 Å². The average Bonchev–Trinajstić information content (AvgIpc) is 3.40. The van der Waals surface area contributed by atoms with Gasteiger partial charge in [0, 0.05) is 22.4 Å². The van der Waals surface area contributed by atoms with Gasteiger partial charge in [0.1, 0.15) is 16.2 Å². The summed E-state index contributed by atoms with van der Waals surface area (Å²) in [5, 5.41) is 16.0. The Hall–Kier alpha value is -3.19. The number of hydrogen-bond acceptors (Lipinski definition) is 5. The van der Waals surface area contributed by atoms with Crippen molar-refractivity contribution in [1.29, 1.82) is 0 Å². The van der Waals surface area contributed by atoms with Crippen molar-refractivity contribution < 1.29 is 14.2 Å². The van der Waals surface area contributed by atoms with Crippen LogP contribution < -0.4 is 5.46 Å². The second kappa shape index (κ2) is 7.92. The molecule has 1 N–H and O–H groups in total. The Balaban J connectivity index is 1.35. The van der Waals surface area contributed by atoms with Gasteiger partial charge in [-0.2, -0.15) is 0 Å². The van der Waals surface area contributed by atoms with Gasteiger partial charge in [-0.25, -0.2) is 4.98 Å². The Morgan fingerprint density at radius 2 is 1.63 bits per heavy atom. The van der Waals surface area contributed by atoms with E-state index in [2.05, 4.69) is 60.7 Å². The summed E-state index contributed by atoms with van der Waals surface area (Å²) in [5.74, 6) is 0. The highest BCUT2D eigenvalue weighted by Gasteiger charge is 2.35. The number of fused-ring (bicyclic) bond motifs is 5. The first-order chi connectivity index (χ1) is 16.7. The molecule has 0 spiro atoms. The Morgan fingerprint density at radius 1 is 0.857 bits per heavy atom. The molecule has 0 saturated heterocycles. The van der Waals surface area contributed by atoms with Gasteiger partial charge < -0.3 is 14.2 Å². The maximum atomic E-state index is 10.4. The fourth-order valence-corrected chi connectivity index (χ4v) is 5.20. The molecule has 0 saturated carbocycles. The Morgan fingerprint density at radius 3 is 2.43 bits per heavy atom. The predicted molar refractivity (Wildman–Crippen MR) is 148 cm³/mol. The molecule has 0 amide bonds. The number of rotatable bonds is 5. The van der Waals surface area contributed by atoms with Gasteiger partial charge in [0.05, 0.1) is 21.4 Å². The first kappa shape index (κ1) is 22.3. The molecule has 0 aliphatic carbocycles. The zero-order valence-electron chi connectivity index (χ0n) is 20.3. The first-order valence-corrected chi connectivity index (χ1v) is 12.6. The minimum absolute atomic E-state index is 0.399. The lowest BCUT2D eigenvalue weighted by atomic mass is 9.82. The van der Waals surface area contributed by atoms with Crippen molar-refractivity contribution in [2.45, 2.75) is 38.9 Å². The number of furan rings is 1. The minimum Gasteiger partial charge on any atom is -0.456 e. The number of benzene rings is 4. The van der Waals surface area contributed by atoms with E-state index in [-0.39, 0.29) is 0 Å². The van der Waals surface area contributed by atoms with E-state index in [9.17, 15) is 5.11 Å². The monoisotopic (exact) mass is 479 g/mol. The van der Waals surface area contributed by atoms with Crippen LogP contribution in [0.4, 0.5) is 0 Å². The molecule has 2 aromatic heterocycles. The minimum atomic E-state index is -0.944. The lowest BCUT2D eigenvalue weighted by Crippen LogP contribution is -2.49. The normalized spacial score (nSPS) is 12.8. The topological polar surface area (TPSA) is 55.5 Å². The van der Waals surface area contributed by atoms with Crippen LogP contribution in [0.25, 0.3) is 53.5 Å². The largest absolute Gasteiger partial charge is 0.456 e. The van der Waals surface area contributed by atoms with Gasteiger partial charge >= 0.3 is 7.48 Å². The lowest BCUT2D eigenvalue weighted by Gasteiger charge is -2.37. The number of nitrogens with zero attached hydrogens (tertiary/aromatic N) is 1. The Kier molecular flexibility index (Phi) is 5.04. The van der Waals surface area contributed by atoms with E-state index in [0.717, 1.165) is 48.2 Å². The molecule has 0 bridgehead atoms. The van der Waals surface area contributed by atoms with Crippen LogP contribution in [-0.2, 0) is 4.65 Å². The van der Waals surface area contributed by atoms with Gasteiger partial charge in [0.25, 0.3) is 0 Å². The zero-order chi connectivity index (χ0) is 24.4. The number of aliphatic hydroxyl groups is 1. The van der Waals surface area contributed by atoms with E-state index in [1.54, 1.807) is 25.2 Å². The molecule has 35 heavy (non-hydrogen) atoms. The summed E-state index contributed by atoms with van der Waals surface area (Å²) in [7, 11) is 0.399. The summed E-state index contributed by atoms with van der Waals surface area (Å²) in [5.41, 5.74) is 3.13. The van der Waals surface area contributed by atoms with Gasteiger partial charge in [0.2, 0.25) is 0 Å². The van der Waals surface area contributed by atoms with Gasteiger partial charge in [-0.1, -0.05) is 48.5 Å². The molecule has 4 aromatic carbocycles. The van der Waals surface area contributed by atoms with E-state index in [1.807, 2.05) is 26.0 Å². The second-order valence-corrected chi connectivity index (χ2v) is 11.2. The molecule has 0 atom stereocenters. The molecule has 6 heteroatoms. The highest BCUT2D eigenvalue weighted by molar-refractivity contribution is 7.21. The molecule has 2 heterocycles. The Bertz CT molecular complexity index is 1730. The van der Waals surface area contributed by atoms with E-state index >= 15 is 0 Å². The van der Waals surface area contributed by atoms with Crippen LogP contribution in [0.1, 0.15) is 27.7 Å². The summed E-state index contributed by atoms with van der Waals surface area (Å²) in [6.45, 7) is 7.33. The van der Waals surface area contributed by atoms with Crippen LogP contribution in [0.5, 0.6) is 0 Å². The predicted octanol–water partition coefficient (Wildman–Crippen LogP) is 6.56. The molecule has 0 radical (unpaired) electrons.